The molecule has 2 heteroatoms. The first kappa shape index (κ1) is 19.7. The van der Waals surface area contributed by atoms with Crippen molar-refractivity contribution < 1.29 is 9.15 Å². The second-order valence-electron chi connectivity index (χ2n) is 12.4. The van der Waals surface area contributed by atoms with E-state index in [0.717, 1.165) is 25.7 Å². The topological polar surface area (TPSA) is 6.02 Å². The highest BCUT2D eigenvalue weighted by atomic mass is 15.4. The van der Waals surface area contributed by atoms with Gasteiger partial charge in [-0.15, -0.1) is 11.2 Å². The number of benzene rings is 4. The summed E-state index contributed by atoms with van der Waals surface area (Å²) in [7, 11) is 0. The van der Waals surface area contributed by atoms with Crippen molar-refractivity contribution in [2.24, 2.45) is 0 Å². The van der Waals surface area contributed by atoms with Gasteiger partial charge in [0.15, 0.2) is 11.4 Å². The molecule has 1 spiro atoms. The van der Waals surface area contributed by atoms with Crippen LogP contribution >= 0.6 is 0 Å². The molecule has 0 radical (unpaired) electrons. The van der Waals surface area contributed by atoms with E-state index < -0.39 is 5.66 Å². The van der Waals surface area contributed by atoms with Crippen LogP contribution in [0, 0.1) is 0 Å². The minimum Gasteiger partial charge on any atom is -0.287 e. The summed E-state index contributed by atoms with van der Waals surface area (Å²) in [6.45, 7) is 4.89. The van der Waals surface area contributed by atoms with Gasteiger partial charge in [-0.2, -0.15) is 0 Å². The lowest BCUT2D eigenvalue weighted by atomic mass is 9.57. The second-order valence-corrected chi connectivity index (χ2v) is 12.4. The van der Waals surface area contributed by atoms with Crippen LogP contribution in [0.5, 0.6) is 0 Å². The SMILES string of the molecule is C=C1C2c3ccccc3Cc3cc4c5c(c32)C23c6c(cccc6C5c5ccccc5C4)CC4=CCC(=[N+]42)[C-]=[N+]13. The lowest BCUT2D eigenvalue weighted by Gasteiger charge is -2.51. The van der Waals surface area contributed by atoms with Crippen LogP contribution in [0.25, 0.3) is 0 Å². The summed E-state index contributed by atoms with van der Waals surface area (Å²) in [6.07, 6.45) is 10.4. The van der Waals surface area contributed by atoms with Gasteiger partial charge in [0.25, 0.3) is 0 Å². The maximum absolute atomic E-state index is 4.89. The predicted octanol–water partition coefficient (Wildman–Crippen LogP) is 6.12. The van der Waals surface area contributed by atoms with Gasteiger partial charge >= 0.3 is 5.66 Å². The van der Waals surface area contributed by atoms with E-state index in [2.05, 4.69) is 94.2 Å². The summed E-state index contributed by atoms with van der Waals surface area (Å²) in [5, 5.41) is 0. The van der Waals surface area contributed by atoms with Crippen molar-refractivity contribution in [2.45, 2.75) is 43.2 Å². The highest BCUT2D eigenvalue weighted by Gasteiger charge is 2.71. The maximum Gasteiger partial charge on any atom is 0.385 e. The van der Waals surface area contributed by atoms with Gasteiger partial charge < -0.3 is 0 Å². The van der Waals surface area contributed by atoms with Gasteiger partial charge in [0.1, 0.15) is 17.3 Å². The Bertz CT molecular complexity index is 2050. The van der Waals surface area contributed by atoms with Crippen LogP contribution in [0.4, 0.5) is 0 Å². The Balaban J connectivity index is 1.39. The fourth-order valence-corrected chi connectivity index (χ4v) is 9.64. The Morgan fingerprint density at radius 1 is 0.692 bits per heavy atom. The molecule has 4 aromatic rings. The van der Waals surface area contributed by atoms with Gasteiger partial charge in [0.2, 0.25) is 0 Å². The smallest absolute Gasteiger partial charge is 0.287 e. The third-order valence-electron chi connectivity index (χ3n) is 10.8. The summed E-state index contributed by atoms with van der Waals surface area (Å²) in [4.78, 5) is 0. The summed E-state index contributed by atoms with van der Waals surface area (Å²) < 4.78 is 5.19. The van der Waals surface area contributed by atoms with Crippen molar-refractivity contribution >= 4 is 11.9 Å². The molecule has 182 valence electrons. The molecule has 0 saturated heterocycles. The zero-order valence-electron chi connectivity index (χ0n) is 21.6. The standard InChI is InChI=1S/C37H25N2/c1-20-31-28-10-4-2-7-21(28)15-24-17-25-16-22-8-3-5-11-29(22)34-30-12-6-9-23-18-26-13-14-27-19-38(20)37(35(23)30,39(26)27)36(32(24)31)33(25)34/h2-13,17,31,34H,1,14-16,18H2/q+1. The average Bonchev–Trinajstić information content (AvgIpc) is 3.54. The Hall–Kier alpha value is -4.30. The quantitative estimate of drug-likeness (QED) is 0.180. The summed E-state index contributed by atoms with van der Waals surface area (Å²) in [5.74, 6) is 0.443. The monoisotopic (exact) mass is 497 g/mol. The van der Waals surface area contributed by atoms with Gasteiger partial charge in [0.05, 0.1) is 6.42 Å². The zero-order valence-corrected chi connectivity index (χ0v) is 21.6. The Labute approximate surface area is 227 Å². The van der Waals surface area contributed by atoms with Crippen LogP contribution in [0.3, 0.4) is 0 Å². The summed E-state index contributed by atoms with van der Waals surface area (Å²) in [5.41, 5.74) is 21.5. The van der Waals surface area contributed by atoms with Crippen LogP contribution in [0.15, 0.2) is 96.8 Å². The number of allylic oxidation sites excluding steroid dienone is 3. The fraction of sp³-hybridized carbons (Fsp3) is 0.189. The first-order valence-corrected chi connectivity index (χ1v) is 14.3. The van der Waals surface area contributed by atoms with Crippen molar-refractivity contribution in [1.82, 2.24) is 0 Å². The number of hydrogen-bond acceptors (Lipinski definition) is 0. The van der Waals surface area contributed by atoms with E-state index in [1.807, 2.05) is 0 Å². The first-order valence-electron chi connectivity index (χ1n) is 14.3. The van der Waals surface area contributed by atoms with Crippen LogP contribution in [-0.2, 0) is 24.9 Å². The molecule has 3 unspecified atom stereocenters. The lowest BCUT2D eigenvalue weighted by molar-refractivity contribution is -0.782. The zero-order chi connectivity index (χ0) is 25.2. The molecule has 2 nitrogen and oxygen atoms in total. The third-order valence-corrected chi connectivity index (χ3v) is 10.8. The van der Waals surface area contributed by atoms with Crippen molar-refractivity contribution in [1.29, 1.82) is 0 Å². The number of hydrogen-bond donors (Lipinski definition) is 0. The van der Waals surface area contributed by atoms with Crippen LogP contribution in [-0.4, -0.2) is 21.1 Å². The van der Waals surface area contributed by atoms with Crippen molar-refractivity contribution in [3.63, 3.8) is 0 Å². The molecular weight excluding hydrogens is 472 g/mol. The van der Waals surface area contributed by atoms with Crippen molar-refractivity contribution in [3.8, 4) is 0 Å². The van der Waals surface area contributed by atoms with E-state index in [-0.39, 0.29) is 11.8 Å². The average molecular weight is 498 g/mol. The molecule has 3 atom stereocenters. The maximum atomic E-state index is 4.89. The summed E-state index contributed by atoms with van der Waals surface area (Å²) >= 11 is 0. The molecule has 0 N–H and O–H groups in total. The number of rotatable bonds is 0. The second kappa shape index (κ2) is 6.13. The van der Waals surface area contributed by atoms with Crippen LogP contribution in [0.2, 0.25) is 0 Å². The molecule has 3 aliphatic carbocycles. The van der Waals surface area contributed by atoms with E-state index in [1.165, 1.54) is 72.7 Å². The summed E-state index contributed by atoms with van der Waals surface area (Å²) in [6, 6.07) is 28.0. The molecule has 4 aliphatic heterocycles. The molecule has 0 amide bonds. The Morgan fingerprint density at radius 2 is 1.36 bits per heavy atom. The molecule has 4 aromatic carbocycles. The van der Waals surface area contributed by atoms with Gasteiger partial charge in [-0.3, -0.25) is 4.58 Å². The van der Waals surface area contributed by atoms with Gasteiger partial charge in [0, 0.05) is 24.0 Å². The first-order chi connectivity index (χ1) is 19.2. The molecule has 0 saturated carbocycles. The van der Waals surface area contributed by atoms with Gasteiger partial charge in [-0.1, -0.05) is 72.8 Å². The van der Waals surface area contributed by atoms with E-state index in [4.69, 9.17) is 6.58 Å². The Morgan fingerprint density at radius 3 is 2.15 bits per heavy atom. The third kappa shape index (κ3) is 1.92. The molecule has 4 heterocycles. The fourth-order valence-electron chi connectivity index (χ4n) is 9.64. The predicted molar refractivity (Wildman–Crippen MR) is 151 cm³/mol. The molecule has 0 bridgehead atoms. The normalized spacial score (nSPS) is 26.4. The largest absolute Gasteiger partial charge is 0.385 e. The minimum atomic E-state index is -0.403. The van der Waals surface area contributed by atoms with Crippen molar-refractivity contribution in [3.05, 3.63) is 164 Å². The molecular formula is C37H25N2+. The van der Waals surface area contributed by atoms with E-state index in [1.54, 1.807) is 11.1 Å². The van der Waals surface area contributed by atoms with Crippen LogP contribution in [0.1, 0.15) is 85.0 Å². The minimum absolute atomic E-state index is 0.171. The van der Waals surface area contributed by atoms with Crippen molar-refractivity contribution in [2.75, 3.05) is 0 Å². The Kier molecular flexibility index (Phi) is 3.10. The molecule has 0 fully saturated rings. The molecule has 0 aromatic heterocycles. The lowest BCUT2D eigenvalue weighted by Crippen LogP contribution is -2.57. The number of fused-ring (bicyclic) bond motifs is 5. The van der Waals surface area contributed by atoms with E-state index in [9.17, 15) is 0 Å². The number of nitrogens with zero attached hydrogens (tertiary/aromatic N) is 2. The highest BCUT2D eigenvalue weighted by Crippen LogP contribution is 2.65. The molecule has 11 rings (SSSR count). The van der Waals surface area contributed by atoms with Crippen LogP contribution < -0.4 is 0 Å². The molecule has 7 aliphatic rings. The van der Waals surface area contributed by atoms with E-state index >= 15 is 0 Å². The highest BCUT2D eigenvalue weighted by molar-refractivity contribution is 6.28. The molecule has 39 heavy (non-hydrogen) atoms. The van der Waals surface area contributed by atoms with Gasteiger partial charge in [-0.05, 0) is 74.6 Å². The van der Waals surface area contributed by atoms with Gasteiger partial charge in [-0.25, -0.2) is 0 Å². The van der Waals surface area contributed by atoms with E-state index in [0.29, 0.717) is 0 Å².